The van der Waals surface area contributed by atoms with E-state index in [1.807, 2.05) is 0 Å². The fourth-order valence-corrected chi connectivity index (χ4v) is 7.56. The van der Waals surface area contributed by atoms with E-state index in [-0.39, 0.29) is 16.7 Å². The number of aliphatic hydroxyl groups is 2. The number of carbonyl (C=O) groups is 2. The molecular formula is C27H23O9-. The van der Waals surface area contributed by atoms with Gasteiger partial charge in [0.05, 0.1) is 12.7 Å². The van der Waals surface area contributed by atoms with Crippen molar-refractivity contribution in [1.82, 2.24) is 0 Å². The molecule has 4 aliphatic carbocycles. The van der Waals surface area contributed by atoms with E-state index in [0.717, 1.165) is 7.11 Å². The van der Waals surface area contributed by atoms with Crippen LogP contribution < -0.4 is 5.11 Å². The highest BCUT2D eigenvalue weighted by Gasteiger charge is 2.99. The zero-order valence-corrected chi connectivity index (χ0v) is 19.7. The van der Waals surface area contributed by atoms with Crippen LogP contribution in [0.25, 0.3) is 0 Å². The van der Waals surface area contributed by atoms with Gasteiger partial charge in [-0.2, -0.15) is 4.89 Å². The maximum atomic E-state index is 14.6. The highest BCUT2D eigenvalue weighted by molar-refractivity contribution is 6.20. The molecule has 2 fully saturated rings. The van der Waals surface area contributed by atoms with Gasteiger partial charge in [0.15, 0.2) is 11.4 Å². The lowest BCUT2D eigenvalue weighted by molar-refractivity contribution is -0.621. The third-order valence-corrected chi connectivity index (χ3v) is 8.81. The van der Waals surface area contributed by atoms with Gasteiger partial charge in [-0.05, 0) is 25.8 Å². The summed E-state index contributed by atoms with van der Waals surface area (Å²) in [5.41, 5.74) is -10.9. The molecule has 0 radical (unpaired) electrons. The number of hydrogen-bond donors (Lipinski definition) is 2. The maximum Gasteiger partial charge on any atom is 0.327 e. The van der Waals surface area contributed by atoms with Crippen molar-refractivity contribution < 1.29 is 44.2 Å². The summed E-state index contributed by atoms with van der Waals surface area (Å²) in [5, 5.41) is 39.4. The Labute approximate surface area is 205 Å². The Hall–Kier alpha value is -3.08. The van der Waals surface area contributed by atoms with Crippen LogP contribution in [0.3, 0.4) is 0 Å². The van der Waals surface area contributed by atoms with Gasteiger partial charge in [-0.3, -0.25) is 9.59 Å². The summed E-state index contributed by atoms with van der Waals surface area (Å²) in [4.78, 5) is 39.7. The number of rotatable bonds is 1. The highest BCUT2D eigenvalue weighted by atomic mass is 17.3. The van der Waals surface area contributed by atoms with Gasteiger partial charge >= 0.3 is 5.97 Å². The van der Waals surface area contributed by atoms with Gasteiger partial charge in [-0.1, -0.05) is 54.6 Å². The molecule has 0 amide bonds. The normalized spacial score (nSPS) is 46.2. The van der Waals surface area contributed by atoms with E-state index in [0.29, 0.717) is 0 Å². The molecule has 1 saturated heterocycles. The van der Waals surface area contributed by atoms with Gasteiger partial charge in [-0.15, -0.1) is 5.76 Å². The molecule has 2 bridgehead atoms. The molecule has 1 saturated carbocycles. The van der Waals surface area contributed by atoms with Crippen molar-refractivity contribution in [3.05, 3.63) is 83.2 Å². The first kappa shape index (κ1) is 22.1. The van der Waals surface area contributed by atoms with Gasteiger partial charge in [0.2, 0.25) is 16.8 Å². The third kappa shape index (κ3) is 1.77. The first-order chi connectivity index (χ1) is 17.0. The van der Waals surface area contributed by atoms with E-state index >= 15 is 0 Å². The van der Waals surface area contributed by atoms with Gasteiger partial charge < -0.3 is 24.8 Å². The first-order valence-electron chi connectivity index (χ1n) is 11.7. The molecule has 2 aliphatic heterocycles. The maximum absolute atomic E-state index is 14.6. The van der Waals surface area contributed by atoms with Crippen molar-refractivity contribution in [2.75, 3.05) is 7.11 Å². The number of ether oxygens (including phenoxy) is 2. The minimum absolute atomic E-state index is 0.00582. The Morgan fingerprint density at radius 2 is 1.81 bits per heavy atom. The number of benzene rings is 1. The zero-order chi connectivity index (χ0) is 25.5. The quantitative estimate of drug-likeness (QED) is 0.252. The van der Waals surface area contributed by atoms with Crippen LogP contribution in [0.2, 0.25) is 0 Å². The summed E-state index contributed by atoms with van der Waals surface area (Å²) in [5.74, 6) is -6.86. The molecule has 36 heavy (non-hydrogen) atoms. The fourth-order valence-electron chi connectivity index (χ4n) is 7.56. The first-order valence-corrected chi connectivity index (χ1v) is 11.7. The Morgan fingerprint density at radius 1 is 1.08 bits per heavy atom. The van der Waals surface area contributed by atoms with Gasteiger partial charge in [-0.25, -0.2) is 4.89 Å². The number of methoxy groups -OCH3 is 1. The summed E-state index contributed by atoms with van der Waals surface area (Å²) in [6.07, 6.45) is 9.50. The zero-order valence-electron chi connectivity index (χ0n) is 19.7. The Balaban J connectivity index is 1.74. The number of Topliss-reactive ketones (excluding diaryl/α,β-unsaturated/α-hetero) is 1. The predicted octanol–water partition coefficient (Wildman–Crippen LogP) is 0.723. The van der Waals surface area contributed by atoms with Crippen molar-refractivity contribution in [3.63, 3.8) is 0 Å². The second kappa shape index (κ2) is 6.07. The average molecular weight is 491 g/mol. The van der Waals surface area contributed by atoms with Gasteiger partial charge in [0.1, 0.15) is 5.60 Å². The Kier molecular flexibility index (Phi) is 3.73. The summed E-state index contributed by atoms with van der Waals surface area (Å²) < 4.78 is 11.7. The van der Waals surface area contributed by atoms with Crippen LogP contribution in [-0.4, -0.2) is 51.7 Å². The molecule has 0 aromatic heterocycles. The van der Waals surface area contributed by atoms with E-state index in [1.54, 1.807) is 56.4 Å². The molecule has 6 aliphatic rings. The van der Waals surface area contributed by atoms with Crippen LogP contribution in [0.1, 0.15) is 29.8 Å². The lowest BCUT2D eigenvalue weighted by atomic mass is 9.52. The Bertz CT molecular complexity index is 1400. The van der Waals surface area contributed by atoms with Gasteiger partial charge in [0.25, 0.3) is 0 Å². The average Bonchev–Trinajstić information content (AvgIpc) is 3.27. The van der Waals surface area contributed by atoms with Crippen LogP contribution in [-0.2, 0) is 29.6 Å². The van der Waals surface area contributed by atoms with Crippen molar-refractivity contribution in [1.29, 1.82) is 0 Å². The van der Waals surface area contributed by atoms with Crippen molar-refractivity contribution >= 4 is 11.8 Å². The van der Waals surface area contributed by atoms with E-state index in [9.17, 15) is 24.9 Å². The predicted molar refractivity (Wildman–Crippen MR) is 118 cm³/mol. The molecule has 2 N–H and O–H groups in total. The third-order valence-electron chi connectivity index (χ3n) is 8.81. The monoisotopic (exact) mass is 491 g/mol. The number of fused-ring (bicyclic) bond motifs is 5. The van der Waals surface area contributed by atoms with E-state index in [2.05, 4.69) is 0 Å². The number of carbonyl (C=O) groups excluding carboxylic acids is 2. The minimum atomic E-state index is -2.56. The minimum Gasteiger partial charge on any atom is -0.875 e. The van der Waals surface area contributed by atoms with Crippen LogP contribution in [0.4, 0.5) is 0 Å². The highest BCUT2D eigenvalue weighted by Crippen LogP contribution is 2.80. The van der Waals surface area contributed by atoms with Crippen molar-refractivity contribution in [2.45, 2.75) is 42.0 Å². The van der Waals surface area contributed by atoms with E-state index in [4.69, 9.17) is 19.2 Å². The van der Waals surface area contributed by atoms with E-state index < -0.39 is 63.0 Å². The molecule has 7 rings (SSSR count). The van der Waals surface area contributed by atoms with Crippen LogP contribution in [0.5, 0.6) is 0 Å². The molecule has 1 aromatic carbocycles. The SMILES string of the molecule is COC(=O)C12C(=O)c3ccccc3C(O)(C3=C([O-])C4C=CC=CC4C4(O)OO[C@]341)C21C=CC(C)(C)O1. The second-order valence-electron chi connectivity index (χ2n) is 10.7. The molecule has 2 heterocycles. The second-order valence-corrected chi connectivity index (χ2v) is 10.7. The molecule has 9 heteroatoms. The fraction of sp³-hybridized carbons (Fsp3) is 0.407. The number of allylic oxidation sites excluding steroid dienone is 3. The van der Waals surface area contributed by atoms with Crippen LogP contribution in [0.15, 0.2) is 72.1 Å². The lowest BCUT2D eigenvalue weighted by Crippen LogP contribution is -2.83. The molecule has 2 spiro atoms. The number of hydrogen-bond acceptors (Lipinski definition) is 9. The van der Waals surface area contributed by atoms with Crippen molar-refractivity contribution in [2.24, 2.45) is 17.3 Å². The van der Waals surface area contributed by atoms with E-state index in [1.165, 1.54) is 18.2 Å². The van der Waals surface area contributed by atoms with Gasteiger partial charge in [0, 0.05) is 22.6 Å². The van der Waals surface area contributed by atoms with Crippen molar-refractivity contribution in [3.8, 4) is 0 Å². The Morgan fingerprint density at radius 3 is 2.44 bits per heavy atom. The summed E-state index contributed by atoms with van der Waals surface area (Å²) in [6.45, 7) is 3.39. The number of ketones is 1. The smallest absolute Gasteiger partial charge is 0.327 e. The molecule has 9 nitrogen and oxygen atoms in total. The molecule has 7 atom stereocenters. The van der Waals surface area contributed by atoms with Crippen LogP contribution in [0, 0.1) is 17.3 Å². The largest absolute Gasteiger partial charge is 0.875 e. The van der Waals surface area contributed by atoms with Crippen LogP contribution >= 0.6 is 0 Å². The summed E-state index contributed by atoms with van der Waals surface area (Å²) in [7, 11) is 1.09. The number of esters is 1. The molecule has 186 valence electrons. The lowest BCUT2D eigenvalue weighted by Gasteiger charge is -2.64. The summed E-state index contributed by atoms with van der Waals surface area (Å²) >= 11 is 0. The summed E-state index contributed by atoms with van der Waals surface area (Å²) in [6, 6.07) is 6.17. The molecule has 1 aromatic rings. The topological polar surface area (TPSA) is 135 Å². The standard InChI is InChI=1S/C27H24O9/c1-22(2)12-13-23(34-22)24(21(30)33-3)20(29)15-9-5-6-10-16(15)25(23,31)19-18(28)14-8-4-7-11-17(14)27(32)26(19,24)35-36-27/h4-14,17,28,31-32H,1-3H3/p-1/t14?,17?,23?,24?,25?,26-,27?/m0/s1. The molecule has 6 unspecified atom stereocenters. The molecular weight excluding hydrogens is 468 g/mol.